The van der Waals surface area contributed by atoms with Gasteiger partial charge in [0, 0.05) is 0 Å². The van der Waals surface area contributed by atoms with Crippen LogP contribution in [0.5, 0.6) is 0 Å². The Balaban J connectivity index is 2.79. The molecule has 0 aromatic rings. The summed E-state index contributed by atoms with van der Waals surface area (Å²) in [6.07, 6.45) is 13.1. The van der Waals surface area contributed by atoms with Gasteiger partial charge in [-0.15, -0.1) is 0 Å². The number of aliphatic hydroxyl groups excluding tert-OH is 5. The van der Waals surface area contributed by atoms with Crippen molar-refractivity contribution in [2.75, 3.05) is 13.2 Å². The van der Waals surface area contributed by atoms with E-state index in [4.69, 9.17) is 14.0 Å². The van der Waals surface area contributed by atoms with E-state index in [0.29, 0.717) is 12.8 Å². The number of aliphatic hydroxyl groups is 5. The Morgan fingerprint density at radius 1 is 0.833 bits per heavy atom. The first-order valence-corrected chi connectivity index (χ1v) is 19.2. The van der Waals surface area contributed by atoms with Gasteiger partial charge in [0.05, 0.1) is 25.4 Å². The second-order valence-corrected chi connectivity index (χ2v) is 13.6. The van der Waals surface area contributed by atoms with Gasteiger partial charge in [-0.3, -0.25) is 9.35 Å². The molecule has 0 saturated carbocycles. The van der Waals surface area contributed by atoms with Crippen LogP contribution in [0.15, 0.2) is 24.3 Å². The Hall–Kier alpha value is -1.46. The summed E-state index contributed by atoms with van der Waals surface area (Å²) in [7, 11) is -5.11. The summed E-state index contributed by atoms with van der Waals surface area (Å²) in [5, 5.41) is 54.5. The molecule has 0 aromatic heterocycles. The molecule has 8 atom stereocenters. The molecule has 1 saturated heterocycles. The van der Waals surface area contributed by atoms with Gasteiger partial charge in [0.25, 0.3) is 0 Å². The quantitative estimate of drug-likeness (QED) is 0.0353. The fourth-order valence-corrected chi connectivity index (χ4v) is 5.92. The Morgan fingerprint density at radius 2 is 1.40 bits per heavy atom. The van der Waals surface area contributed by atoms with Gasteiger partial charge in [-0.05, 0) is 32.1 Å². The first-order valence-electron chi connectivity index (χ1n) is 17.8. The van der Waals surface area contributed by atoms with Crippen LogP contribution in [0.4, 0.5) is 0 Å². The predicted molar refractivity (Wildman–Crippen MR) is 182 cm³/mol. The number of carbonyl (C=O) groups excluding carboxylic acids is 1. The van der Waals surface area contributed by atoms with E-state index in [-0.39, 0.29) is 6.42 Å². The average molecular weight is 710 g/mol. The van der Waals surface area contributed by atoms with Crippen molar-refractivity contribution in [2.45, 2.75) is 172 Å². The molecule has 8 unspecified atom stereocenters. The number of ether oxygens (including phenoxy) is 2. The molecule has 1 fully saturated rings. The standard InChI is InChI=1S/C34H63NO12S/c1-3-5-7-9-11-13-15-17-19-21-23-28(38)33(41)35-26(27(37)22-20-18-16-14-12-10-8-6-4-2)25-45-34-31(40)32(47-48(42,43)44)30(39)29(24-36)46-34/h12,14,20,22,26-32,34,36-40H,3-11,13,15-19,21,23-25H2,1-2H3,(H,35,41)(H,42,43,44)/b14-12+,22-20+. The molecule has 1 rings (SSSR count). The zero-order valence-electron chi connectivity index (χ0n) is 28.9. The Bertz CT molecular complexity index is 995. The molecule has 0 bridgehead atoms. The number of hydrogen-bond acceptors (Lipinski definition) is 11. The molecular weight excluding hydrogens is 646 g/mol. The van der Waals surface area contributed by atoms with Crippen molar-refractivity contribution in [1.29, 1.82) is 0 Å². The lowest BCUT2D eigenvalue weighted by atomic mass is 9.99. The van der Waals surface area contributed by atoms with Crippen molar-refractivity contribution >= 4 is 16.3 Å². The second-order valence-electron chi connectivity index (χ2n) is 12.6. The van der Waals surface area contributed by atoms with Gasteiger partial charge in [0.15, 0.2) is 6.29 Å². The molecule has 13 nitrogen and oxygen atoms in total. The highest BCUT2D eigenvalue weighted by Gasteiger charge is 2.48. The third-order valence-corrected chi connectivity index (χ3v) is 8.81. The molecule has 14 heteroatoms. The number of carbonyl (C=O) groups is 1. The lowest BCUT2D eigenvalue weighted by molar-refractivity contribution is -0.298. The molecule has 0 radical (unpaired) electrons. The zero-order valence-corrected chi connectivity index (χ0v) is 29.7. The van der Waals surface area contributed by atoms with Crippen LogP contribution in [0, 0.1) is 0 Å². The van der Waals surface area contributed by atoms with Gasteiger partial charge in [0.1, 0.15) is 30.5 Å². The van der Waals surface area contributed by atoms with Crippen LogP contribution in [0.2, 0.25) is 0 Å². The van der Waals surface area contributed by atoms with E-state index >= 15 is 0 Å². The highest BCUT2D eigenvalue weighted by Crippen LogP contribution is 2.26. The number of allylic oxidation sites excluding steroid dienone is 3. The fraction of sp³-hybridized carbons (Fsp3) is 0.853. The van der Waals surface area contributed by atoms with Crippen LogP contribution >= 0.6 is 0 Å². The fourth-order valence-electron chi connectivity index (χ4n) is 5.41. The van der Waals surface area contributed by atoms with Crippen LogP contribution in [-0.4, -0.2) is 107 Å². The van der Waals surface area contributed by atoms with Gasteiger partial charge < -0.3 is 40.3 Å². The van der Waals surface area contributed by atoms with E-state index in [1.807, 2.05) is 0 Å². The minimum atomic E-state index is -5.11. The topological polar surface area (TPSA) is 212 Å². The van der Waals surface area contributed by atoms with Crippen molar-refractivity contribution in [3.8, 4) is 0 Å². The molecule has 282 valence electrons. The summed E-state index contributed by atoms with van der Waals surface area (Å²) in [5.74, 6) is -0.719. The van der Waals surface area contributed by atoms with Gasteiger partial charge in [-0.2, -0.15) is 8.42 Å². The van der Waals surface area contributed by atoms with E-state index in [1.165, 1.54) is 51.0 Å². The zero-order chi connectivity index (χ0) is 35.8. The molecule has 1 aliphatic rings. The van der Waals surface area contributed by atoms with Crippen molar-refractivity contribution in [1.82, 2.24) is 5.32 Å². The van der Waals surface area contributed by atoms with E-state index < -0.39 is 78.5 Å². The summed E-state index contributed by atoms with van der Waals surface area (Å²) in [4.78, 5) is 12.9. The van der Waals surface area contributed by atoms with Gasteiger partial charge in [0.2, 0.25) is 5.91 Å². The number of nitrogens with one attached hydrogen (secondary N) is 1. The largest absolute Gasteiger partial charge is 0.397 e. The molecule has 0 aromatic carbocycles. The lowest BCUT2D eigenvalue weighted by Gasteiger charge is -2.41. The molecular formula is C34H63NO12S. The second kappa shape index (κ2) is 26.4. The smallest absolute Gasteiger partial charge is 0.394 e. The SMILES string of the molecule is CCCCC/C=C/CC/C=C/C(O)C(COC1OC(CO)C(O)C(OS(=O)(=O)O)C1O)NC(=O)C(O)CCCCCCCCCCCC. The number of rotatable bonds is 28. The van der Waals surface area contributed by atoms with Gasteiger partial charge in [-0.1, -0.05) is 115 Å². The first kappa shape index (κ1) is 44.6. The first-order chi connectivity index (χ1) is 22.9. The number of hydrogen-bond donors (Lipinski definition) is 7. The van der Waals surface area contributed by atoms with Crippen LogP contribution < -0.4 is 5.32 Å². The summed E-state index contributed by atoms with van der Waals surface area (Å²) < 4.78 is 47.0. The van der Waals surface area contributed by atoms with Crippen molar-refractivity contribution < 1.29 is 57.0 Å². The Morgan fingerprint density at radius 3 is 2.00 bits per heavy atom. The molecule has 48 heavy (non-hydrogen) atoms. The lowest BCUT2D eigenvalue weighted by Crippen LogP contribution is -2.61. The minimum absolute atomic E-state index is 0.238. The summed E-state index contributed by atoms with van der Waals surface area (Å²) in [6, 6.07) is -1.13. The minimum Gasteiger partial charge on any atom is -0.394 e. The van der Waals surface area contributed by atoms with E-state index in [0.717, 1.165) is 44.9 Å². The third kappa shape index (κ3) is 19.7. The maximum atomic E-state index is 12.9. The van der Waals surface area contributed by atoms with Crippen molar-refractivity contribution in [2.24, 2.45) is 0 Å². The highest BCUT2D eigenvalue weighted by atomic mass is 32.3. The number of amides is 1. The average Bonchev–Trinajstić information content (AvgIpc) is 3.05. The molecule has 1 amide bonds. The number of unbranched alkanes of at least 4 members (excludes halogenated alkanes) is 13. The van der Waals surface area contributed by atoms with Crippen molar-refractivity contribution in [3.05, 3.63) is 24.3 Å². The van der Waals surface area contributed by atoms with E-state index in [9.17, 15) is 38.7 Å². The third-order valence-electron chi connectivity index (χ3n) is 8.34. The Kier molecular flexibility index (Phi) is 24.5. The van der Waals surface area contributed by atoms with Crippen molar-refractivity contribution in [3.63, 3.8) is 0 Å². The molecule has 1 heterocycles. The van der Waals surface area contributed by atoms with E-state index in [1.54, 1.807) is 6.08 Å². The molecule has 7 N–H and O–H groups in total. The highest BCUT2D eigenvalue weighted by molar-refractivity contribution is 7.80. The van der Waals surface area contributed by atoms with Crippen LogP contribution in [0.1, 0.15) is 123 Å². The predicted octanol–water partition coefficient (Wildman–Crippen LogP) is 3.62. The summed E-state index contributed by atoms with van der Waals surface area (Å²) in [6.45, 7) is 3.06. The molecule has 0 aliphatic carbocycles. The van der Waals surface area contributed by atoms with Gasteiger partial charge >= 0.3 is 10.4 Å². The maximum absolute atomic E-state index is 12.9. The monoisotopic (exact) mass is 709 g/mol. The maximum Gasteiger partial charge on any atom is 0.397 e. The molecule has 0 spiro atoms. The van der Waals surface area contributed by atoms with Crippen LogP contribution in [-0.2, 0) is 28.9 Å². The Labute approximate surface area is 287 Å². The van der Waals surface area contributed by atoms with Crippen LogP contribution in [0.25, 0.3) is 0 Å². The summed E-state index contributed by atoms with van der Waals surface area (Å²) in [5.41, 5.74) is 0. The molecule has 1 aliphatic heterocycles. The van der Waals surface area contributed by atoms with Gasteiger partial charge in [-0.25, -0.2) is 4.18 Å². The normalized spacial score (nSPS) is 23.9. The summed E-state index contributed by atoms with van der Waals surface area (Å²) >= 11 is 0. The van der Waals surface area contributed by atoms with E-state index in [2.05, 4.69) is 35.5 Å². The van der Waals surface area contributed by atoms with Crippen LogP contribution in [0.3, 0.4) is 0 Å².